The second-order valence-corrected chi connectivity index (χ2v) is 2.95. The molecule has 59 valence electrons. The Bertz CT molecular complexity index is 241. The molecule has 0 saturated heterocycles. The summed E-state index contributed by atoms with van der Waals surface area (Å²) in [7, 11) is 0. The molecule has 0 saturated carbocycles. The first-order valence-electron chi connectivity index (χ1n) is 3.97. The van der Waals surface area contributed by atoms with Crippen LogP contribution in [0.1, 0.15) is 25.0 Å². The predicted molar refractivity (Wildman–Crippen MR) is 49.0 cm³/mol. The summed E-state index contributed by atoms with van der Waals surface area (Å²) in [6.07, 6.45) is 2.03. The molecule has 0 fully saturated rings. The standard InChI is InChI=1S/C10H12Cl/c1-3-8-5-6-10(11)9(4-2)7-8/h6-7H,3-4H2,1-2H3. The summed E-state index contributed by atoms with van der Waals surface area (Å²) in [6, 6.07) is 7.12. The lowest BCUT2D eigenvalue weighted by Crippen LogP contribution is -1.86. The van der Waals surface area contributed by atoms with Crippen LogP contribution in [0.3, 0.4) is 0 Å². The van der Waals surface area contributed by atoms with Gasteiger partial charge in [0.2, 0.25) is 0 Å². The van der Waals surface area contributed by atoms with Crippen molar-refractivity contribution in [3.05, 3.63) is 34.3 Å². The Kier molecular flexibility index (Phi) is 2.95. The average molecular weight is 168 g/mol. The van der Waals surface area contributed by atoms with E-state index in [1.54, 1.807) is 0 Å². The van der Waals surface area contributed by atoms with Gasteiger partial charge < -0.3 is 0 Å². The maximum absolute atomic E-state index is 5.92. The number of halogens is 1. The third-order valence-electron chi connectivity index (χ3n) is 1.80. The SMILES string of the molecule is CCc1[c]cc(Cl)c(CC)c1. The number of hydrogen-bond donors (Lipinski definition) is 0. The van der Waals surface area contributed by atoms with Crippen LogP contribution in [0.2, 0.25) is 5.02 Å². The van der Waals surface area contributed by atoms with Crippen LogP contribution in [0.4, 0.5) is 0 Å². The van der Waals surface area contributed by atoms with E-state index in [0.29, 0.717) is 0 Å². The van der Waals surface area contributed by atoms with E-state index in [-0.39, 0.29) is 0 Å². The van der Waals surface area contributed by atoms with Gasteiger partial charge in [-0.05, 0) is 36.1 Å². The van der Waals surface area contributed by atoms with Gasteiger partial charge in [0.15, 0.2) is 0 Å². The zero-order valence-corrected chi connectivity index (χ0v) is 7.70. The van der Waals surface area contributed by atoms with Gasteiger partial charge in [0.25, 0.3) is 0 Å². The van der Waals surface area contributed by atoms with Gasteiger partial charge >= 0.3 is 0 Å². The number of rotatable bonds is 2. The third-order valence-corrected chi connectivity index (χ3v) is 2.15. The molecule has 0 N–H and O–H groups in total. The van der Waals surface area contributed by atoms with Gasteiger partial charge in [0.05, 0.1) is 0 Å². The maximum Gasteiger partial charge on any atom is 0.0444 e. The molecule has 0 aliphatic rings. The third kappa shape index (κ3) is 1.97. The minimum absolute atomic E-state index is 0.838. The van der Waals surface area contributed by atoms with E-state index in [1.165, 1.54) is 11.1 Å². The first-order chi connectivity index (χ1) is 5.27. The summed E-state index contributed by atoms with van der Waals surface area (Å²) < 4.78 is 0. The monoisotopic (exact) mass is 167 g/mol. The predicted octanol–water partition coefficient (Wildman–Crippen LogP) is 3.26. The molecule has 1 aromatic rings. The van der Waals surface area contributed by atoms with Crippen molar-refractivity contribution in [1.29, 1.82) is 0 Å². The van der Waals surface area contributed by atoms with Crippen LogP contribution in [0, 0.1) is 6.07 Å². The van der Waals surface area contributed by atoms with Crippen molar-refractivity contribution >= 4 is 11.6 Å². The van der Waals surface area contributed by atoms with E-state index >= 15 is 0 Å². The van der Waals surface area contributed by atoms with Gasteiger partial charge in [0, 0.05) is 5.02 Å². The molecule has 0 bridgehead atoms. The molecule has 1 heteroatoms. The summed E-state index contributed by atoms with van der Waals surface area (Å²) in [5, 5.41) is 0.838. The van der Waals surface area contributed by atoms with E-state index in [2.05, 4.69) is 26.0 Å². The highest BCUT2D eigenvalue weighted by Crippen LogP contribution is 2.17. The summed E-state index contributed by atoms with van der Waals surface area (Å²) in [5.41, 5.74) is 2.47. The van der Waals surface area contributed by atoms with Crippen LogP contribution in [0.15, 0.2) is 12.1 Å². The Morgan fingerprint density at radius 3 is 2.64 bits per heavy atom. The van der Waals surface area contributed by atoms with Crippen LogP contribution in [0.5, 0.6) is 0 Å². The fourth-order valence-electron chi connectivity index (χ4n) is 1.04. The highest BCUT2D eigenvalue weighted by Gasteiger charge is 1.98. The lowest BCUT2D eigenvalue weighted by Gasteiger charge is -2.02. The minimum Gasteiger partial charge on any atom is -0.0840 e. The van der Waals surface area contributed by atoms with Crippen LogP contribution in [0.25, 0.3) is 0 Å². The molecular formula is C10H12Cl. The molecule has 0 spiro atoms. The zero-order valence-electron chi connectivity index (χ0n) is 6.95. The van der Waals surface area contributed by atoms with Gasteiger partial charge in [-0.25, -0.2) is 0 Å². The molecule has 11 heavy (non-hydrogen) atoms. The highest BCUT2D eigenvalue weighted by molar-refractivity contribution is 6.31. The highest BCUT2D eigenvalue weighted by atomic mass is 35.5. The Hall–Kier alpha value is -0.490. The Balaban J connectivity index is 3.02. The number of aryl methyl sites for hydroxylation is 2. The van der Waals surface area contributed by atoms with E-state index in [1.807, 2.05) is 6.07 Å². The topological polar surface area (TPSA) is 0 Å². The van der Waals surface area contributed by atoms with Crippen molar-refractivity contribution < 1.29 is 0 Å². The Morgan fingerprint density at radius 1 is 1.36 bits per heavy atom. The summed E-state index contributed by atoms with van der Waals surface area (Å²) in [6.45, 7) is 4.24. The molecule has 0 nitrogen and oxygen atoms in total. The van der Waals surface area contributed by atoms with Crippen molar-refractivity contribution in [2.75, 3.05) is 0 Å². The lowest BCUT2D eigenvalue weighted by molar-refractivity contribution is 1.08. The van der Waals surface area contributed by atoms with Crippen molar-refractivity contribution in [3.63, 3.8) is 0 Å². The van der Waals surface area contributed by atoms with Gasteiger partial charge in [-0.1, -0.05) is 31.5 Å². The smallest absolute Gasteiger partial charge is 0.0444 e. The van der Waals surface area contributed by atoms with Gasteiger partial charge in [0.1, 0.15) is 0 Å². The summed E-state index contributed by atoms with van der Waals surface area (Å²) in [4.78, 5) is 0. The molecule has 0 amide bonds. The van der Waals surface area contributed by atoms with Crippen LogP contribution in [-0.2, 0) is 12.8 Å². The van der Waals surface area contributed by atoms with E-state index in [9.17, 15) is 0 Å². The van der Waals surface area contributed by atoms with Crippen molar-refractivity contribution in [1.82, 2.24) is 0 Å². The second-order valence-electron chi connectivity index (χ2n) is 2.54. The first-order valence-corrected chi connectivity index (χ1v) is 4.34. The molecule has 1 rings (SSSR count). The largest absolute Gasteiger partial charge is 0.0840 e. The molecule has 0 aromatic heterocycles. The molecule has 1 radical (unpaired) electrons. The van der Waals surface area contributed by atoms with Crippen molar-refractivity contribution in [2.45, 2.75) is 26.7 Å². The van der Waals surface area contributed by atoms with E-state index in [4.69, 9.17) is 11.6 Å². The van der Waals surface area contributed by atoms with Crippen molar-refractivity contribution in [3.8, 4) is 0 Å². The first kappa shape index (κ1) is 8.61. The second kappa shape index (κ2) is 3.77. The molecule has 0 atom stereocenters. The molecular weight excluding hydrogens is 156 g/mol. The molecule has 0 unspecified atom stereocenters. The van der Waals surface area contributed by atoms with Crippen LogP contribution >= 0.6 is 11.6 Å². The van der Waals surface area contributed by atoms with Crippen LogP contribution in [-0.4, -0.2) is 0 Å². The Morgan fingerprint density at radius 2 is 2.09 bits per heavy atom. The van der Waals surface area contributed by atoms with Gasteiger partial charge in [-0.2, -0.15) is 0 Å². The average Bonchev–Trinajstić information content (AvgIpc) is 2.05. The number of hydrogen-bond acceptors (Lipinski definition) is 0. The number of benzene rings is 1. The summed E-state index contributed by atoms with van der Waals surface area (Å²) in [5.74, 6) is 0. The molecule has 0 aliphatic carbocycles. The molecule has 0 heterocycles. The lowest BCUT2D eigenvalue weighted by atomic mass is 10.1. The minimum atomic E-state index is 0.838. The van der Waals surface area contributed by atoms with Gasteiger partial charge in [-0.3, -0.25) is 0 Å². The fraction of sp³-hybridized carbons (Fsp3) is 0.400. The fourth-order valence-corrected chi connectivity index (χ4v) is 1.29. The quantitative estimate of drug-likeness (QED) is 0.635. The zero-order chi connectivity index (χ0) is 8.27. The normalized spacial score (nSPS) is 10.1. The van der Waals surface area contributed by atoms with Crippen molar-refractivity contribution in [2.24, 2.45) is 0 Å². The summed E-state index contributed by atoms with van der Waals surface area (Å²) >= 11 is 5.92. The molecule has 1 aromatic carbocycles. The molecule has 0 aliphatic heterocycles. The maximum atomic E-state index is 5.92. The van der Waals surface area contributed by atoms with E-state index < -0.39 is 0 Å². The van der Waals surface area contributed by atoms with Crippen LogP contribution < -0.4 is 0 Å². The van der Waals surface area contributed by atoms with Gasteiger partial charge in [-0.15, -0.1) is 0 Å². The van der Waals surface area contributed by atoms with E-state index in [0.717, 1.165) is 17.9 Å². The Labute approximate surface area is 73.2 Å².